The maximum atomic E-state index is 12.5. The second-order valence-corrected chi connectivity index (χ2v) is 11.0. The second-order valence-electron chi connectivity index (χ2n) is 8.41. The third kappa shape index (κ3) is 4.68. The molecule has 144 valence electrons. The summed E-state index contributed by atoms with van der Waals surface area (Å²) in [5.41, 5.74) is 2.60. The average molecular weight is 442 g/mol. The number of likely N-dealkylation sites (N-methyl/N-ethyl adjacent to an activating group) is 1. The predicted molar refractivity (Wildman–Crippen MR) is 111 cm³/mol. The van der Waals surface area contributed by atoms with Crippen molar-refractivity contribution >= 4 is 36.9 Å². The average Bonchev–Trinajstić information content (AvgIpc) is 3.04. The van der Waals surface area contributed by atoms with Crippen LogP contribution in [0.4, 0.5) is 0 Å². The summed E-state index contributed by atoms with van der Waals surface area (Å²) in [7, 11) is -1.21. The Kier molecular flexibility index (Phi) is 5.55. The zero-order valence-corrected chi connectivity index (χ0v) is 18.3. The summed E-state index contributed by atoms with van der Waals surface area (Å²) in [5.74, 6) is -0.0211. The fourth-order valence-corrected chi connectivity index (χ4v) is 6.00. The van der Waals surface area contributed by atoms with Crippen LogP contribution in [0.15, 0.2) is 22.8 Å². The number of aromatic nitrogens is 1. The normalized spacial score (nSPS) is 19.5. The van der Waals surface area contributed by atoms with Gasteiger partial charge in [-0.3, -0.25) is 0 Å². The van der Waals surface area contributed by atoms with Gasteiger partial charge in [-0.2, -0.15) is 0 Å². The van der Waals surface area contributed by atoms with E-state index in [1.165, 1.54) is 18.4 Å². The van der Waals surface area contributed by atoms with Crippen LogP contribution < -0.4 is 4.72 Å². The lowest BCUT2D eigenvalue weighted by atomic mass is 10.0. The van der Waals surface area contributed by atoms with Gasteiger partial charge in [0.25, 0.3) is 0 Å². The van der Waals surface area contributed by atoms with Crippen LogP contribution in [0.5, 0.6) is 0 Å². The van der Waals surface area contributed by atoms with E-state index in [0.717, 1.165) is 33.9 Å². The van der Waals surface area contributed by atoms with Gasteiger partial charge in [0.1, 0.15) is 0 Å². The molecule has 1 aliphatic rings. The van der Waals surface area contributed by atoms with Crippen molar-refractivity contribution < 1.29 is 8.42 Å². The lowest BCUT2D eigenvalue weighted by molar-refractivity contribution is 0.310. The van der Waals surface area contributed by atoms with Gasteiger partial charge >= 0.3 is 0 Å². The maximum absolute atomic E-state index is 12.5. The molecule has 0 radical (unpaired) electrons. The molecule has 0 amide bonds. The number of hydrogen-bond acceptors (Lipinski definition) is 3. The summed E-state index contributed by atoms with van der Waals surface area (Å²) < 4.78 is 28.6. The smallest absolute Gasteiger partial charge is 0.216 e. The summed E-state index contributed by atoms with van der Waals surface area (Å²) in [4.78, 5) is 5.76. The Morgan fingerprint density at radius 2 is 2.08 bits per heavy atom. The summed E-state index contributed by atoms with van der Waals surface area (Å²) in [6.45, 7) is 6.71. The topological polar surface area (TPSA) is 65.2 Å². The van der Waals surface area contributed by atoms with Gasteiger partial charge in [-0.15, -0.1) is 0 Å². The van der Waals surface area contributed by atoms with Gasteiger partial charge in [-0.1, -0.05) is 0 Å². The van der Waals surface area contributed by atoms with E-state index in [9.17, 15) is 8.42 Å². The minimum atomic E-state index is -3.39. The lowest BCUT2D eigenvalue weighted by Crippen LogP contribution is -2.41. The van der Waals surface area contributed by atoms with Crippen molar-refractivity contribution in [2.45, 2.75) is 57.4 Å². The number of rotatable bonds is 5. The molecule has 1 atom stereocenters. The maximum Gasteiger partial charge on any atom is 0.216 e. The first-order chi connectivity index (χ1) is 12.0. The van der Waals surface area contributed by atoms with Gasteiger partial charge in [0, 0.05) is 27.6 Å². The minimum Gasteiger partial charge on any atom is -0.360 e. The van der Waals surface area contributed by atoms with Gasteiger partial charge in [-0.05, 0) is 92.8 Å². The number of halogens is 1. The molecule has 7 heteroatoms. The SMILES string of the molecule is CN1CCCC1Cc1c[nH]c2c(Br)cc(CS(=O)(=O)NC(C)(C)C)cc12. The molecule has 2 N–H and O–H groups in total. The third-order valence-electron chi connectivity index (χ3n) is 4.83. The van der Waals surface area contributed by atoms with Gasteiger partial charge in [0.15, 0.2) is 0 Å². The summed E-state index contributed by atoms with van der Waals surface area (Å²) in [6, 6.07) is 4.47. The number of hydrogen-bond donors (Lipinski definition) is 2. The summed E-state index contributed by atoms with van der Waals surface area (Å²) >= 11 is 3.60. The van der Waals surface area contributed by atoms with E-state index >= 15 is 0 Å². The van der Waals surface area contributed by atoms with Crippen molar-refractivity contribution in [1.82, 2.24) is 14.6 Å². The molecule has 0 aliphatic carbocycles. The molecule has 0 bridgehead atoms. The standard InChI is InChI=1S/C19H28BrN3O2S/c1-19(2,3)22-26(24,25)12-13-8-16-14(10-15-6-5-7-23(15)4)11-21-18(16)17(20)9-13/h8-9,11,15,21-22H,5-7,10,12H2,1-4H3. The number of fused-ring (bicyclic) bond motifs is 1. The molecule has 1 fully saturated rings. The van der Waals surface area contributed by atoms with Crippen LogP contribution in [0.3, 0.4) is 0 Å². The molecule has 5 nitrogen and oxygen atoms in total. The molecule has 2 heterocycles. The van der Waals surface area contributed by atoms with Gasteiger partial charge in [-0.25, -0.2) is 13.1 Å². The Labute approximate surface area is 164 Å². The number of likely N-dealkylation sites (tertiary alicyclic amines) is 1. The molecule has 2 aromatic rings. The molecule has 26 heavy (non-hydrogen) atoms. The number of benzene rings is 1. The van der Waals surface area contributed by atoms with Crippen molar-refractivity contribution in [1.29, 1.82) is 0 Å². The Morgan fingerprint density at radius 1 is 1.35 bits per heavy atom. The van der Waals surface area contributed by atoms with Gasteiger partial charge in [0.05, 0.1) is 11.3 Å². The highest BCUT2D eigenvalue weighted by Crippen LogP contribution is 2.31. The molecular weight excluding hydrogens is 414 g/mol. The van der Waals surface area contributed by atoms with Crippen LogP contribution in [-0.2, 0) is 22.2 Å². The highest BCUT2D eigenvalue weighted by molar-refractivity contribution is 9.10. The molecule has 1 unspecified atom stereocenters. The van der Waals surface area contributed by atoms with E-state index in [-0.39, 0.29) is 5.75 Å². The van der Waals surface area contributed by atoms with Crippen LogP contribution in [0.1, 0.15) is 44.7 Å². The number of sulfonamides is 1. The zero-order valence-electron chi connectivity index (χ0n) is 15.9. The monoisotopic (exact) mass is 441 g/mol. The van der Waals surface area contributed by atoms with E-state index < -0.39 is 15.6 Å². The number of H-pyrrole nitrogens is 1. The van der Waals surface area contributed by atoms with E-state index in [2.05, 4.69) is 43.8 Å². The Morgan fingerprint density at radius 3 is 2.69 bits per heavy atom. The molecular formula is C19H28BrN3O2S. The minimum absolute atomic E-state index is 0.0211. The molecule has 1 aromatic carbocycles. The van der Waals surface area contributed by atoms with E-state index in [1.807, 2.05) is 32.9 Å². The van der Waals surface area contributed by atoms with Crippen molar-refractivity contribution in [3.8, 4) is 0 Å². The molecule has 0 spiro atoms. The van der Waals surface area contributed by atoms with Crippen LogP contribution in [0.2, 0.25) is 0 Å². The first kappa shape index (κ1) is 19.9. The molecule has 1 saturated heterocycles. The molecule has 1 aliphatic heterocycles. The van der Waals surface area contributed by atoms with Crippen LogP contribution in [0, 0.1) is 0 Å². The number of nitrogens with zero attached hydrogens (tertiary/aromatic N) is 1. The van der Waals surface area contributed by atoms with Crippen molar-refractivity contribution in [2.24, 2.45) is 0 Å². The largest absolute Gasteiger partial charge is 0.360 e. The Bertz CT molecular complexity index is 899. The molecule has 0 saturated carbocycles. The van der Waals surface area contributed by atoms with Crippen LogP contribution in [0.25, 0.3) is 10.9 Å². The fourth-order valence-electron chi connectivity index (χ4n) is 3.77. The highest BCUT2D eigenvalue weighted by Gasteiger charge is 2.24. The highest BCUT2D eigenvalue weighted by atomic mass is 79.9. The van der Waals surface area contributed by atoms with Gasteiger partial charge < -0.3 is 9.88 Å². The third-order valence-corrected chi connectivity index (χ3v) is 7.09. The van der Waals surface area contributed by atoms with Crippen molar-refractivity contribution in [3.05, 3.63) is 33.9 Å². The zero-order chi connectivity index (χ0) is 19.1. The fraction of sp³-hybridized carbons (Fsp3) is 0.579. The lowest BCUT2D eigenvalue weighted by Gasteiger charge is -2.20. The molecule has 1 aromatic heterocycles. The molecule has 3 rings (SSSR count). The number of aromatic amines is 1. The van der Waals surface area contributed by atoms with Crippen LogP contribution in [-0.4, -0.2) is 43.5 Å². The van der Waals surface area contributed by atoms with E-state index in [4.69, 9.17) is 0 Å². The van der Waals surface area contributed by atoms with E-state index in [0.29, 0.717) is 6.04 Å². The van der Waals surface area contributed by atoms with Gasteiger partial charge in [0.2, 0.25) is 10.0 Å². The first-order valence-electron chi connectivity index (χ1n) is 9.04. The first-order valence-corrected chi connectivity index (χ1v) is 11.5. The summed E-state index contributed by atoms with van der Waals surface area (Å²) in [5, 5.41) is 1.11. The Balaban J connectivity index is 1.89. The number of nitrogens with one attached hydrogen (secondary N) is 2. The van der Waals surface area contributed by atoms with Crippen molar-refractivity contribution in [3.63, 3.8) is 0 Å². The van der Waals surface area contributed by atoms with E-state index in [1.54, 1.807) is 0 Å². The predicted octanol–water partition coefficient (Wildman–Crippen LogP) is 3.79. The second kappa shape index (κ2) is 7.26. The van der Waals surface area contributed by atoms with Crippen LogP contribution >= 0.6 is 15.9 Å². The summed E-state index contributed by atoms with van der Waals surface area (Å²) in [6.07, 6.45) is 5.51. The Hall–Kier alpha value is -0.890. The van der Waals surface area contributed by atoms with Crippen molar-refractivity contribution in [2.75, 3.05) is 13.6 Å². The quantitative estimate of drug-likeness (QED) is 0.741.